The molecule has 0 bridgehead atoms. The van der Waals surface area contributed by atoms with E-state index in [9.17, 15) is 0 Å². The number of hydrogen-bond donors (Lipinski definition) is 1. The van der Waals surface area contributed by atoms with Gasteiger partial charge in [-0.2, -0.15) is 0 Å². The van der Waals surface area contributed by atoms with Crippen LogP contribution in [0.5, 0.6) is 0 Å². The second-order valence-electron chi connectivity index (χ2n) is 7.20. The van der Waals surface area contributed by atoms with E-state index in [1.807, 2.05) is 7.11 Å². The van der Waals surface area contributed by atoms with Crippen molar-refractivity contribution in [2.75, 3.05) is 20.2 Å². The van der Waals surface area contributed by atoms with Gasteiger partial charge in [0.1, 0.15) is 0 Å². The number of nitrogens with zero attached hydrogens (tertiary/aromatic N) is 1. The minimum Gasteiger partial charge on any atom is -0.381 e. The molecule has 4 atom stereocenters. The van der Waals surface area contributed by atoms with Crippen LogP contribution in [0.1, 0.15) is 47.0 Å². The van der Waals surface area contributed by atoms with Crippen LogP contribution in [0.25, 0.3) is 0 Å². The highest BCUT2D eigenvalue weighted by atomic mass is 16.5. The highest BCUT2D eigenvalue weighted by Gasteiger charge is 2.38. The zero-order chi connectivity index (χ0) is 13.3. The maximum atomic E-state index is 5.52. The summed E-state index contributed by atoms with van der Waals surface area (Å²) >= 11 is 0. The van der Waals surface area contributed by atoms with E-state index in [4.69, 9.17) is 4.74 Å². The van der Waals surface area contributed by atoms with Gasteiger partial charge in [-0.1, -0.05) is 20.8 Å². The smallest absolute Gasteiger partial charge is 0.0586 e. The van der Waals surface area contributed by atoms with E-state index in [-0.39, 0.29) is 0 Å². The summed E-state index contributed by atoms with van der Waals surface area (Å²) in [6, 6.07) is 2.00. The lowest BCUT2D eigenvalue weighted by Gasteiger charge is -2.46. The van der Waals surface area contributed by atoms with E-state index in [2.05, 4.69) is 37.9 Å². The van der Waals surface area contributed by atoms with Crippen LogP contribution >= 0.6 is 0 Å². The minimum absolute atomic E-state index is 0.345. The average molecular weight is 254 g/mol. The molecule has 1 saturated heterocycles. The number of methoxy groups -OCH3 is 1. The monoisotopic (exact) mass is 254 g/mol. The Hall–Kier alpha value is -0.120. The molecule has 3 nitrogen and oxygen atoms in total. The second-order valence-corrected chi connectivity index (χ2v) is 7.20. The van der Waals surface area contributed by atoms with Gasteiger partial charge in [0.15, 0.2) is 0 Å². The first kappa shape index (κ1) is 14.3. The third-order valence-corrected chi connectivity index (χ3v) is 4.82. The molecule has 0 spiro atoms. The summed E-state index contributed by atoms with van der Waals surface area (Å²) in [6.45, 7) is 11.7. The van der Waals surface area contributed by atoms with Crippen molar-refractivity contribution in [3.63, 3.8) is 0 Å². The van der Waals surface area contributed by atoms with E-state index < -0.39 is 0 Å². The number of nitrogens with one attached hydrogen (secondary N) is 1. The van der Waals surface area contributed by atoms with Gasteiger partial charge < -0.3 is 10.1 Å². The van der Waals surface area contributed by atoms with Crippen LogP contribution in [0.3, 0.4) is 0 Å². The second kappa shape index (κ2) is 5.48. The molecule has 4 unspecified atom stereocenters. The van der Waals surface area contributed by atoms with Crippen molar-refractivity contribution in [1.82, 2.24) is 10.2 Å². The largest absolute Gasteiger partial charge is 0.381 e. The van der Waals surface area contributed by atoms with E-state index >= 15 is 0 Å². The van der Waals surface area contributed by atoms with E-state index in [1.54, 1.807) is 0 Å². The van der Waals surface area contributed by atoms with Crippen molar-refractivity contribution in [2.24, 2.45) is 5.41 Å². The lowest BCUT2D eigenvalue weighted by Crippen LogP contribution is -2.61. The van der Waals surface area contributed by atoms with E-state index in [0.29, 0.717) is 23.6 Å². The average Bonchev–Trinajstić information content (AvgIpc) is 2.76. The molecule has 1 heterocycles. The van der Waals surface area contributed by atoms with Crippen LogP contribution in [0.2, 0.25) is 0 Å². The molecule has 1 aliphatic carbocycles. The van der Waals surface area contributed by atoms with Gasteiger partial charge in [-0.3, -0.25) is 4.90 Å². The topological polar surface area (TPSA) is 24.5 Å². The van der Waals surface area contributed by atoms with Gasteiger partial charge in [0.05, 0.1) is 6.10 Å². The standard InChI is InChI=1S/C15H30N2O/c1-11-9-16-14(15(2,3)4)10-17(11)12-6-7-13(8-12)18-5/h11-14,16H,6-10H2,1-5H3. The van der Waals surface area contributed by atoms with Crippen LogP contribution in [0, 0.1) is 5.41 Å². The van der Waals surface area contributed by atoms with Crippen molar-refractivity contribution >= 4 is 0 Å². The third kappa shape index (κ3) is 3.06. The quantitative estimate of drug-likeness (QED) is 0.818. The molecular weight excluding hydrogens is 224 g/mol. The maximum Gasteiger partial charge on any atom is 0.0586 e. The van der Waals surface area contributed by atoms with Crippen LogP contribution in [-0.4, -0.2) is 49.3 Å². The third-order valence-electron chi connectivity index (χ3n) is 4.82. The number of piperazine rings is 1. The Bertz CT molecular complexity index is 274. The molecule has 1 saturated carbocycles. The van der Waals surface area contributed by atoms with E-state index in [1.165, 1.54) is 25.8 Å². The van der Waals surface area contributed by atoms with Gasteiger partial charge in [-0.05, 0) is 31.6 Å². The van der Waals surface area contributed by atoms with Gasteiger partial charge in [0.2, 0.25) is 0 Å². The molecule has 2 fully saturated rings. The zero-order valence-electron chi connectivity index (χ0n) is 12.7. The van der Waals surface area contributed by atoms with Crippen molar-refractivity contribution in [2.45, 2.75) is 71.2 Å². The summed E-state index contributed by atoms with van der Waals surface area (Å²) in [5.74, 6) is 0. The summed E-state index contributed by atoms with van der Waals surface area (Å²) in [4.78, 5) is 2.73. The fourth-order valence-electron chi connectivity index (χ4n) is 3.41. The molecule has 0 aromatic carbocycles. The predicted molar refractivity (Wildman–Crippen MR) is 75.8 cm³/mol. The number of hydrogen-bond acceptors (Lipinski definition) is 3. The normalized spacial score (nSPS) is 39.2. The fourth-order valence-corrected chi connectivity index (χ4v) is 3.41. The van der Waals surface area contributed by atoms with Crippen molar-refractivity contribution in [1.29, 1.82) is 0 Å². The Balaban J connectivity index is 1.98. The number of ether oxygens (including phenoxy) is 1. The minimum atomic E-state index is 0.345. The summed E-state index contributed by atoms with van der Waals surface area (Å²) in [6.07, 6.45) is 4.25. The number of rotatable bonds is 2. The Morgan fingerprint density at radius 3 is 2.50 bits per heavy atom. The van der Waals surface area contributed by atoms with Gasteiger partial charge in [0, 0.05) is 38.3 Å². The molecule has 0 amide bonds. The van der Waals surface area contributed by atoms with Crippen molar-refractivity contribution < 1.29 is 4.74 Å². The van der Waals surface area contributed by atoms with Crippen LogP contribution in [-0.2, 0) is 4.74 Å². The predicted octanol–water partition coefficient (Wildman–Crippen LogP) is 2.26. The first-order valence-corrected chi connectivity index (χ1v) is 7.43. The summed E-state index contributed by atoms with van der Waals surface area (Å²) in [5.41, 5.74) is 0.345. The summed E-state index contributed by atoms with van der Waals surface area (Å²) in [5, 5.41) is 3.71. The van der Waals surface area contributed by atoms with Crippen LogP contribution in [0.4, 0.5) is 0 Å². The molecule has 2 rings (SSSR count). The first-order valence-electron chi connectivity index (χ1n) is 7.43. The van der Waals surface area contributed by atoms with Crippen molar-refractivity contribution in [3.05, 3.63) is 0 Å². The summed E-state index contributed by atoms with van der Waals surface area (Å²) < 4.78 is 5.52. The molecule has 18 heavy (non-hydrogen) atoms. The van der Waals surface area contributed by atoms with Crippen LogP contribution < -0.4 is 5.32 Å². The molecule has 0 radical (unpaired) electrons. The first-order chi connectivity index (χ1) is 8.41. The zero-order valence-corrected chi connectivity index (χ0v) is 12.7. The fraction of sp³-hybridized carbons (Fsp3) is 1.00. The van der Waals surface area contributed by atoms with Crippen LogP contribution in [0.15, 0.2) is 0 Å². The van der Waals surface area contributed by atoms with Gasteiger partial charge in [0.25, 0.3) is 0 Å². The Labute approximate surface area is 112 Å². The molecule has 1 aliphatic heterocycles. The lowest BCUT2D eigenvalue weighted by molar-refractivity contribution is 0.0469. The Morgan fingerprint density at radius 1 is 1.22 bits per heavy atom. The van der Waals surface area contributed by atoms with Gasteiger partial charge >= 0.3 is 0 Å². The molecule has 1 N–H and O–H groups in total. The van der Waals surface area contributed by atoms with Gasteiger partial charge in [-0.25, -0.2) is 0 Å². The van der Waals surface area contributed by atoms with E-state index in [0.717, 1.165) is 12.6 Å². The molecule has 3 heteroatoms. The highest BCUT2D eigenvalue weighted by molar-refractivity contribution is 4.95. The van der Waals surface area contributed by atoms with Crippen molar-refractivity contribution in [3.8, 4) is 0 Å². The molecular formula is C15H30N2O. The Kier molecular flexibility index (Phi) is 4.35. The molecule has 0 aromatic rings. The molecule has 2 aliphatic rings. The molecule has 0 aromatic heterocycles. The Morgan fingerprint density at radius 2 is 1.94 bits per heavy atom. The molecule has 106 valence electrons. The highest BCUT2D eigenvalue weighted by Crippen LogP contribution is 2.31. The SMILES string of the molecule is COC1CCC(N2CC(C(C)(C)C)NCC2C)C1. The summed E-state index contributed by atoms with van der Waals surface area (Å²) in [7, 11) is 1.85. The van der Waals surface area contributed by atoms with Gasteiger partial charge in [-0.15, -0.1) is 0 Å². The lowest BCUT2D eigenvalue weighted by atomic mass is 9.84. The maximum absolute atomic E-state index is 5.52.